The van der Waals surface area contributed by atoms with Crippen LogP contribution in [-0.2, 0) is 6.61 Å². The number of benzene rings is 3. The van der Waals surface area contributed by atoms with Gasteiger partial charge in [0.2, 0.25) is 0 Å². The van der Waals surface area contributed by atoms with E-state index in [0.717, 1.165) is 26.9 Å². The van der Waals surface area contributed by atoms with Crippen LogP contribution in [0.4, 0.5) is 0 Å². The molecule has 3 rings (SSSR count). The molecule has 0 saturated heterocycles. The second-order valence-electron chi connectivity index (χ2n) is 4.70. The topological polar surface area (TPSA) is 18.5 Å². The summed E-state index contributed by atoms with van der Waals surface area (Å²) >= 11 is 3.63. The standard InChI is InChI=1S/C18H15BrO2/c1-20-16-9-5-3-7-14(16)12-21-17-11-10-13-6-2-4-8-15(13)18(17)19/h2-11H,12H2,1H3. The predicted octanol–water partition coefficient (Wildman–Crippen LogP) is 5.19. The number of ether oxygens (including phenoxy) is 2. The molecule has 0 fully saturated rings. The Bertz CT molecular complexity index is 768. The predicted molar refractivity (Wildman–Crippen MR) is 89.0 cm³/mol. The van der Waals surface area contributed by atoms with Gasteiger partial charge in [0.05, 0.1) is 11.6 Å². The first kappa shape index (κ1) is 14.0. The Balaban J connectivity index is 1.87. The molecule has 0 radical (unpaired) electrons. The molecule has 2 nitrogen and oxygen atoms in total. The molecule has 21 heavy (non-hydrogen) atoms. The lowest BCUT2D eigenvalue weighted by Crippen LogP contribution is -1.99. The van der Waals surface area contributed by atoms with E-state index >= 15 is 0 Å². The van der Waals surface area contributed by atoms with Crippen LogP contribution in [0.1, 0.15) is 5.56 Å². The molecule has 0 amide bonds. The van der Waals surface area contributed by atoms with E-state index in [0.29, 0.717) is 6.61 Å². The van der Waals surface area contributed by atoms with Gasteiger partial charge < -0.3 is 9.47 Å². The molecule has 0 unspecified atom stereocenters. The van der Waals surface area contributed by atoms with Gasteiger partial charge in [0.25, 0.3) is 0 Å². The van der Waals surface area contributed by atoms with Crippen molar-refractivity contribution in [3.63, 3.8) is 0 Å². The van der Waals surface area contributed by atoms with E-state index < -0.39 is 0 Å². The van der Waals surface area contributed by atoms with Gasteiger partial charge in [-0.05, 0) is 38.8 Å². The molecule has 0 aliphatic carbocycles. The summed E-state index contributed by atoms with van der Waals surface area (Å²) in [5, 5.41) is 2.34. The highest BCUT2D eigenvalue weighted by molar-refractivity contribution is 9.10. The number of hydrogen-bond donors (Lipinski definition) is 0. The van der Waals surface area contributed by atoms with Crippen LogP contribution < -0.4 is 9.47 Å². The van der Waals surface area contributed by atoms with E-state index in [1.165, 1.54) is 5.39 Å². The first-order chi connectivity index (χ1) is 10.3. The SMILES string of the molecule is COc1ccccc1COc1ccc2ccccc2c1Br. The van der Waals surface area contributed by atoms with Gasteiger partial charge in [-0.2, -0.15) is 0 Å². The molecular formula is C18H15BrO2. The second-order valence-corrected chi connectivity index (χ2v) is 5.49. The molecule has 0 spiro atoms. The molecular weight excluding hydrogens is 328 g/mol. The number of fused-ring (bicyclic) bond motifs is 1. The Morgan fingerprint density at radius 3 is 2.48 bits per heavy atom. The lowest BCUT2D eigenvalue weighted by atomic mass is 10.1. The summed E-state index contributed by atoms with van der Waals surface area (Å²) in [4.78, 5) is 0. The van der Waals surface area contributed by atoms with Gasteiger partial charge in [-0.25, -0.2) is 0 Å². The highest BCUT2D eigenvalue weighted by Crippen LogP contribution is 2.33. The summed E-state index contributed by atoms with van der Waals surface area (Å²) in [7, 11) is 1.67. The van der Waals surface area contributed by atoms with E-state index in [4.69, 9.17) is 9.47 Å². The van der Waals surface area contributed by atoms with Crippen molar-refractivity contribution in [3.8, 4) is 11.5 Å². The van der Waals surface area contributed by atoms with E-state index in [1.807, 2.05) is 42.5 Å². The van der Waals surface area contributed by atoms with Crippen molar-refractivity contribution in [3.05, 3.63) is 70.7 Å². The van der Waals surface area contributed by atoms with Crippen LogP contribution >= 0.6 is 15.9 Å². The van der Waals surface area contributed by atoms with E-state index in [1.54, 1.807) is 7.11 Å². The Labute approximate surface area is 132 Å². The molecule has 0 aliphatic heterocycles. The van der Waals surface area contributed by atoms with Gasteiger partial charge in [0.15, 0.2) is 0 Å². The smallest absolute Gasteiger partial charge is 0.134 e. The number of rotatable bonds is 4. The number of hydrogen-bond acceptors (Lipinski definition) is 2. The minimum atomic E-state index is 0.473. The highest BCUT2D eigenvalue weighted by Gasteiger charge is 2.08. The van der Waals surface area contributed by atoms with Crippen molar-refractivity contribution in [2.24, 2.45) is 0 Å². The fourth-order valence-electron chi connectivity index (χ4n) is 2.30. The lowest BCUT2D eigenvalue weighted by Gasteiger charge is -2.12. The molecule has 3 heteroatoms. The minimum absolute atomic E-state index is 0.473. The zero-order valence-electron chi connectivity index (χ0n) is 11.7. The van der Waals surface area contributed by atoms with Gasteiger partial charge in [0, 0.05) is 5.56 Å². The van der Waals surface area contributed by atoms with Crippen molar-refractivity contribution >= 4 is 26.7 Å². The molecule has 0 atom stereocenters. The maximum absolute atomic E-state index is 5.95. The summed E-state index contributed by atoms with van der Waals surface area (Å²) in [6, 6.07) is 20.2. The van der Waals surface area contributed by atoms with Gasteiger partial charge in [-0.15, -0.1) is 0 Å². The third-order valence-electron chi connectivity index (χ3n) is 3.40. The molecule has 106 valence electrons. The number of methoxy groups -OCH3 is 1. The van der Waals surface area contributed by atoms with Gasteiger partial charge in [0.1, 0.15) is 18.1 Å². The van der Waals surface area contributed by atoms with Crippen LogP contribution in [0.15, 0.2) is 65.1 Å². The van der Waals surface area contributed by atoms with Crippen LogP contribution in [0, 0.1) is 0 Å². The van der Waals surface area contributed by atoms with Crippen LogP contribution in [-0.4, -0.2) is 7.11 Å². The van der Waals surface area contributed by atoms with Crippen LogP contribution in [0.2, 0.25) is 0 Å². The molecule has 0 saturated carbocycles. The van der Waals surface area contributed by atoms with Crippen LogP contribution in [0.3, 0.4) is 0 Å². The van der Waals surface area contributed by atoms with Crippen molar-refractivity contribution in [2.45, 2.75) is 6.61 Å². The summed E-state index contributed by atoms with van der Waals surface area (Å²) in [5.74, 6) is 1.68. The largest absolute Gasteiger partial charge is 0.496 e. The molecule has 3 aromatic rings. The third kappa shape index (κ3) is 2.88. The van der Waals surface area contributed by atoms with E-state index in [9.17, 15) is 0 Å². The first-order valence-corrected chi connectivity index (χ1v) is 7.51. The summed E-state index contributed by atoms with van der Waals surface area (Å²) < 4.78 is 12.3. The lowest BCUT2D eigenvalue weighted by molar-refractivity contribution is 0.295. The fraction of sp³-hybridized carbons (Fsp3) is 0.111. The average Bonchev–Trinajstić information content (AvgIpc) is 2.55. The summed E-state index contributed by atoms with van der Waals surface area (Å²) in [6.45, 7) is 0.473. The molecule has 0 aliphatic rings. The van der Waals surface area contributed by atoms with Crippen LogP contribution in [0.25, 0.3) is 10.8 Å². The van der Waals surface area contributed by atoms with Crippen molar-refractivity contribution in [1.82, 2.24) is 0 Å². The van der Waals surface area contributed by atoms with Gasteiger partial charge >= 0.3 is 0 Å². The zero-order valence-corrected chi connectivity index (χ0v) is 13.3. The van der Waals surface area contributed by atoms with Crippen molar-refractivity contribution in [1.29, 1.82) is 0 Å². The van der Waals surface area contributed by atoms with E-state index in [2.05, 4.69) is 34.1 Å². The quantitative estimate of drug-likeness (QED) is 0.649. The van der Waals surface area contributed by atoms with Crippen molar-refractivity contribution in [2.75, 3.05) is 7.11 Å². The van der Waals surface area contributed by atoms with Gasteiger partial charge in [-0.1, -0.05) is 48.5 Å². The Hall–Kier alpha value is -2.00. The Kier molecular flexibility index (Phi) is 4.11. The van der Waals surface area contributed by atoms with E-state index in [-0.39, 0.29) is 0 Å². The fourth-order valence-corrected chi connectivity index (χ4v) is 2.91. The first-order valence-electron chi connectivity index (χ1n) is 6.71. The molecule has 0 bridgehead atoms. The number of halogens is 1. The maximum atomic E-state index is 5.95. The zero-order chi connectivity index (χ0) is 14.7. The van der Waals surface area contributed by atoms with Gasteiger partial charge in [-0.3, -0.25) is 0 Å². The average molecular weight is 343 g/mol. The summed E-state index contributed by atoms with van der Waals surface area (Å²) in [5.41, 5.74) is 1.03. The monoisotopic (exact) mass is 342 g/mol. The van der Waals surface area contributed by atoms with Crippen LogP contribution in [0.5, 0.6) is 11.5 Å². The molecule has 0 N–H and O–H groups in total. The molecule has 0 heterocycles. The Morgan fingerprint density at radius 2 is 1.62 bits per heavy atom. The number of para-hydroxylation sites is 1. The molecule has 3 aromatic carbocycles. The Morgan fingerprint density at radius 1 is 0.857 bits per heavy atom. The normalized spacial score (nSPS) is 10.6. The third-order valence-corrected chi connectivity index (χ3v) is 4.22. The molecule has 0 aromatic heterocycles. The summed E-state index contributed by atoms with van der Waals surface area (Å²) in [6.07, 6.45) is 0. The van der Waals surface area contributed by atoms with Crippen molar-refractivity contribution < 1.29 is 9.47 Å². The minimum Gasteiger partial charge on any atom is -0.496 e. The maximum Gasteiger partial charge on any atom is 0.134 e. The second kappa shape index (κ2) is 6.19. The highest BCUT2D eigenvalue weighted by atomic mass is 79.9.